The maximum atomic E-state index is 4.27. The van der Waals surface area contributed by atoms with E-state index < -0.39 is 0 Å². The number of aromatic nitrogens is 3. The third-order valence-electron chi connectivity index (χ3n) is 5.15. The Bertz CT molecular complexity index is 422. The van der Waals surface area contributed by atoms with Gasteiger partial charge in [0.1, 0.15) is 12.2 Å². The third kappa shape index (κ3) is 3.04. The van der Waals surface area contributed by atoms with Crippen LogP contribution >= 0.6 is 0 Å². The lowest BCUT2D eigenvalue weighted by atomic mass is 9.95. The van der Waals surface area contributed by atoms with Crippen LogP contribution in [0.25, 0.3) is 0 Å². The lowest BCUT2D eigenvalue weighted by molar-refractivity contribution is 0.183. The predicted molar refractivity (Wildman–Crippen MR) is 79.7 cm³/mol. The fourth-order valence-electron chi connectivity index (χ4n) is 3.75. The number of aryl methyl sites for hydroxylation is 1. The van der Waals surface area contributed by atoms with E-state index in [0.29, 0.717) is 5.92 Å². The van der Waals surface area contributed by atoms with Crippen molar-refractivity contribution in [3.63, 3.8) is 0 Å². The average molecular weight is 277 g/mol. The number of likely N-dealkylation sites (tertiary alicyclic amines) is 2. The van der Waals surface area contributed by atoms with Crippen molar-refractivity contribution in [2.45, 2.75) is 44.1 Å². The molecule has 2 aliphatic heterocycles. The number of rotatable bonds is 4. The van der Waals surface area contributed by atoms with Crippen molar-refractivity contribution < 1.29 is 0 Å². The molecular formula is C15H27N5. The van der Waals surface area contributed by atoms with Crippen LogP contribution in [0.1, 0.15) is 43.8 Å². The molecule has 3 rings (SSSR count). The molecule has 112 valence electrons. The van der Waals surface area contributed by atoms with Crippen LogP contribution in [0.5, 0.6) is 0 Å². The lowest BCUT2D eigenvalue weighted by Gasteiger charge is -2.32. The van der Waals surface area contributed by atoms with Gasteiger partial charge < -0.3 is 14.4 Å². The molecule has 0 amide bonds. The summed E-state index contributed by atoms with van der Waals surface area (Å²) < 4.78 is 2.08. The first-order valence-electron chi connectivity index (χ1n) is 8.00. The molecule has 2 aliphatic rings. The Balaban J connectivity index is 1.43. The lowest BCUT2D eigenvalue weighted by Crippen LogP contribution is -2.37. The summed E-state index contributed by atoms with van der Waals surface area (Å²) in [6.45, 7) is 4.99. The van der Waals surface area contributed by atoms with E-state index in [4.69, 9.17) is 0 Å². The van der Waals surface area contributed by atoms with Gasteiger partial charge in [-0.2, -0.15) is 0 Å². The van der Waals surface area contributed by atoms with Gasteiger partial charge in [0.25, 0.3) is 0 Å². The standard InChI is InChI=1S/C15H27N5/c1-18-8-3-4-14(18)7-11-20-9-5-13(6-10-20)15-17-16-12-19(15)2/h12-14H,3-11H2,1-2H3/t14-/m1/s1. The second-order valence-electron chi connectivity index (χ2n) is 6.48. The minimum atomic E-state index is 0.605. The summed E-state index contributed by atoms with van der Waals surface area (Å²) in [5.74, 6) is 1.77. The number of nitrogens with zero attached hydrogens (tertiary/aromatic N) is 5. The summed E-state index contributed by atoms with van der Waals surface area (Å²) >= 11 is 0. The summed E-state index contributed by atoms with van der Waals surface area (Å²) in [5.41, 5.74) is 0. The van der Waals surface area contributed by atoms with Gasteiger partial charge in [-0.15, -0.1) is 10.2 Å². The Morgan fingerprint density at radius 1 is 1.15 bits per heavy atom. The van der Waals surface area contributed by atoms with Crippen molar-refractivity contribution in [1.29, 1.82) is 0 Å². The Morgan fingerprint density at radius 3 is 2.55 bits per heavy atom. The molecule has 0 aliphatic carbocycles. The van der Waals surface area contributed by atoms with Gasteiger partial charge in [0.2, 0.25) is 0 Å². The van der Waals surface area contributed by atoms with Crippen LogP contribution in [0.4, 0.5) is 0 Å². The predicted octanol–water partition coefficient (Wildman–Crippen LogP) is 1.48. The first kappa shape index (κ1) is 14.0. The van der Waals surface area contributed by atoms with Gasteiger partial charge in [-0.1, -0.05) is 0 Å². The van der Waals surface area contributed by atoms with Gasteiger partial charge in [0, 0.05) is 19.0 Å². The van der Waals surface area contributed by atoms with Gasteiger partial charge in [-0.25, -0.2) is 0 Å². The summed E-state index contributed by atoms with van der Waals surface area (Å²) in [6, 6.07) is 0.825. The molecule has 5 heteroatoms. The molecule has 0 aromatic carbocycles. The van der Waals surface area contributed by atoms with Crippen LogP contribution in [-0.2, 0) is 7.05 Å². The molecule has 5 nitrogen and oxygen atoms in total. The Kier molecular flexibility index (Phi) is 4.36. The molecule has 2 fully saturated rings. The van der Waals surface area contributed by atoms with Crippen molar-refractivity contribution in [1.82, 2.24) is 24.6 Å². The second-order valence-corrected chi connectivity index (χ2v) is 6.48. The molecular weight excluding hydrogens is 250 g/mol. The highest BCUT2D eigenvalue weighted by Gasteiger charge is 2.25. The highest BCUT2D eigenvalue weighted by Crippen LogP contribution is 2.26. The van der Waals surface area contributed by atoms with E-state index in [0.717, 1.165) is 6.04 Å². The molecule has 1 aromatic rings. The van der Waals surface area contributed by atoms with Crippen LogP contribution < -0.4 is 0 Å². The molecule has 1 atom stereocenters. The summed E-state index contributed by atoms with van der Waals surface area (Å²) in [4.78, 5) is 5.17. The minimum Gasteiger partial charge on any atom is -0.320 e. The van der Waals surface area contributed by atoms with Gasteiger partial charge in [0.05, 0.1) is 0 Å². The summed E-state index contributed by atoms with van der Waals surface area (Å²) in [5, 5.41) is 8.28. The van der Waals surface area contributed by atoms with Crippen LogP contribution in [0.15, 0.2) is 6.33 Å². The minimum absolute atomic E-state index is 0.605. The smallest absolute Gasteiger partial charge is 0.135 e. The first-order valence-corrected chi connectivity index (χ1v) is 8.00. The molecule has 0 radical (unpaired) electrons. The third-order valence-corrected chi connectivity index (χ3v) is 5.15. The van der Waals surface area contributed by atoms with Crippen LogP contribution in [0.2, 0.25) is 0 Å². The quantitative estimate of drug-likeness (QED) is 0.835. The Morgan fingerprint density at radius 2 is 1.95 bits per heavy atom. The van der Waals surface area contributed by atoms with Gasteiger partial charge in [-0.05, 0) is 65.3 Å². The average Bonchev–Trinajstić information content (AvgIpc) is 3.06. The summed E-state index contributed by atoms with van der Waals surface area (Å²) in [7, 11) is 4.33. The van der Waals surface area contributed by atoms with E-state index in [1.165, 1.54) is 64.1 Å². The zero-order valence-electron chi connectivity index (χ0n) is 12.8. The molecule has 1 aromatic heterocycles. The molecule has 0 spiro atoms. The molecule has 20 heavy (non-hydrogen) atoms. The largest absolute Gasteiger partial charge is 0.320 e. The SMILES string of the molecule is CN1CCC[C@@H]1CCN1CCC(c2nncn2C)CC1. The highest BCUT2D eigenvalue weighted by molar-refractivity contribution is 4.98. The maximum Gasteiger partial charge on any atom is 0.135 e. The molecule has 0 N–H and O–H groups in total. The van der Waals surface area contributed by atoms with Gasteiger partial charge >= 0.3 is 0 Å². The van der Waals surface area contributed by atoms with Crippen LogP contribution in [-0.4, -0.2) is 63.8 Å². The molecule has 0 unspecified atom stereocenters. The number of piperidine rings is 1. The molecule has 0 saturated carbocycles. The summed E-state index contributed by atoms with van der Waals surface area (Å²) in [6.07, 6.45) is 8.39. The first-order chi connectivity index (χ1) is 9.74. The second kappa shape index (κ2) is 6.22. The molecule has 0 bridgehead atoms. The number of hydrogen-bond acceptors (Lipinski definition) is 4. The van der Waals surface area contributed by atoms with Crippen molar-refractivity contribution >= 4 is 0 Å². The Hall–Kier alpha value is -0.940. The van der Waals surface area contributed by atoms with Crippen LogP contribution in [0.3, 0.4) is 0 Å². The maximum absolute atomic E-state index is 4.27. The van der Waals surface area contributed by atoms with Crippen molar-refractivity contribution in [2.24, 2.45) is 7.05 Å². The monoisotopic (exact) mass is 277 g/mol. The highest BCUT2D eigenvalue weighted by atomic mass is 15.3. The Labute approximate surface area is 122 Å². The van der Waals surface area contributed by atoms with E-state index in [2.05, 4.69) is 38.7 Å². The molecule has 3 heterocycles. The van der Waals surface area contributed by atoms with E-state index in [1.807, 2.05) is 6.33 Å². The zero-order valence-corrected chi connectivity index (χ0v) is 12.8. The van der Waals surface area contributed by atoms with Crippen molar-refractivity contribution in [2.75, 3.05) is 33.2 Å². The fourth-order valence-corrected chi connectivity index (χ4v) is 3.75. The van der Waals surface area contributed by atoms with Gasteiger partial charge in [0.15, 0.2) is 0 Å². The van der Waals surface area contributed by atoms with E-state index >= 15 is 0 Å². The van der Waals surface area contributed by atoms with Crippen LogP contribution in [0, 0.1) is 0 Å². The molecule has 2 saturated heterocycles. The normalized spacial score (nSPS) is 26.4. The van der Waals surface area contributed by atoms with Crippen molar-refractivity contribution in [3.8, 4) is 0 Å². The number of hydrogen-bond donors (Lipinski definition) is 0. The van der Waals surface area contributed by atoms with E-state index in [1.54, 1.807) is 0 Å². The topological polar surface area (TPSA) is 37.2 Å². The van der Waals surface area contributed by atoms with Gasteiger partial charge in [-0.3, -0.25) is 0 Å². The fraction of sp³-hybridized carbons (Fsp3) is 0.867. The van der Waals surface area contributed by atoms with Crippen molar-refractivity contribution in [3.05, 3.63) is 12.2 Å². The van der Waals surface area contributed by atoms with E-state index in [9.17, 15) is 0 Å². The zero-order chi connectivity index (χ0) is 13.9. The van der Waals surface area contributed by atoms with E-state index in [-0.39, 0.29) is 0 Å².